The van der Waals surface area contributed by atoms with E-state index in [1.807, 2.05) is 12.2 Å². The average molecular weight is 158 g/mol. The van der Waals surface area contributed by atoms with Crippen LogP contribution in [0.3, 0.4) is 0 Å². The highest BCUT2D eigenvalue weighted by Gasteiger charge is 2.08. The van der Waals surface area contributed by atoms with Gasteiger partial charge in [0.2, 0.25) is 0 Å². The molecule has 56 valence electrons. The second kappa shape index (κ2) is 3.20. The van der Waals surface area contributed by atoms with Crippen molar-refractivity contribution in [3.63, 3.8) is 0 Å². The number of nitrogens with zero attached hydrogens (tertiary/aromatic N) is 1. The van der Waals surface area contributed by atoms with Crippen LogP contribution in [0.15, 0.2) is 17.1 Å². The highest BCUT2D eigenvalue weighted by molar-refractivity contribution is 6.22. The third kappa shape index (κ3) is 1.84. The van der Waals surface area contributed by atoms with E-state index in [1.54, 1.807) is 0 Å². The van der Waals surface area contributed by atoms with Gasteiger partial charge >= 0.3 is 0 Å². The molecule has 0 fully saturated rings. The Hall–Kier alpha value is -0.300. The second-order valence-electron chi connectivity index (χ2n) is 2.80. The summed E-state index contributed by atoms with van der Waals surface area (Å²) in [5, 5.41) is 0.113. The van der Waals surface area contributed by atoms with Crippen LogP contribution in [-0.4, -0.2) is 17.6 Å². The number of rotatable bonds is 1. The lowest BCUT2D eigenvalue weighted by Crippen LogP contribution is -2.13. The van der Waals surface area contributed by atoms with E-state index in [9.17, 15) is 0 Å². The lowest BCUT2D eigenvalue weighted by atomic mass is 10.1. The van der Waals surface area contributed by atoms with Gasteiger partial charge in [0.25, 0.3) is 0 Å². The lowest BCUT2D eigenvalue weighted by molar-refractivity contribution is 0.860. The van der Waals surface area contributed by atoms with Crippen molar-refractivity contribution >= 4 is 17.3 Å². The van der Waals surface area contributed by atoms with E-state index in [4.69, 9.17) is 11.6 Å². The number of allylic oxidation sites excluding steroid dienone is 1. The molecule has 0 spiro atoms. The molecule has 0 aliphatic carbocycles. The summed E-state index contributed by atoms with van der Waals surface area (Å²) in [5.74, 6) is 0.528. The van der Waals surface area contributed by atoms with Crippen molar-refractivity contribution in [3.05, 3.63) is 12.2 Å². The highest BCUT2D eigenvalue weighted by atomic mass is 35.5. The molecule has 0 aromatic carbocycles. The Bertz CT molecular complexity index is 170. The molecule has 0 amide bonds. The van der Waals surface area contributed by atoms with Gasteiger partial charge in [0.05, 0.1) is 11.9 Å². The molecular weight excluding hydrogens is 146 g/mol. The third-order valence-electron chi connectivity index (χ3n) is 1.52. The molecule has 1 atom stereocenters. The molecule has 1 aliphatic heterocycles. The first-order valence-corrected chi connectivity index (χ1v) is 4.00. The minimum Gasteiger partial charge on any atom is -0.288 e. The van der Waals surface area contributed by atoms with Gasteiger partial charge in [-0.2, -0.15) is 0 Å². The number of dihydropyridines is 1. The molecule has 0 saturated heterocycles. The Balaban J connectivity index is 2.59. The molecule has 1 heterocycles. The Labute approximate surface area is 66.8 Å². The standard InChI is InChI=1S/C8H12ClN/c1-6(2)8-4-3-7(9)5-10-8/h3-4,6-7H,5H2,1-2H3. The Morgan fingerprint density at radius 2 is 2.40 bits per heavy atom. The van der Waals surface area contributed by atoms with Crippen molar-refractivity contribution in [1.29, 1.82) is 0 Å². The van der Waals surface area contributed by atoms with Crippen molar-refractivity contribution in [1.82, 2.24) is 0 Å². The fourth-order valence-corrected chi connectivity index (χ4v) is 1.03. The van der Waals surface area contributed by atoms with Gasteiger partial charge in [-0.25, -0.2) is 0 Å². The molecule has 1 nitrogen and oxygen atoms in total. The van der Waals surface area contributed by atoms with Crippen molar-refractivity contribution in [2.45, 2.75) is 19.2 Å². The van der Waals surface area contributed by atoms with Gasteiger partial charge in [-0.15, -0.1) is 11.6 Å². The summed E-state index contributed by atoms with van der Waals surface area (Å²) in [6.07, 6.45) is 4.02. The van der Waals surface area contributed by atoms with E-state index in [-0.39, 0.29) is 5.38 Å². The maximum Gasteiger partial charge on any atom is 0.0715 e. The zero-order valence-corrected chi connectivity index (χ0v) is 7.10. The number of halogens is 1. The number of hydrogen-bond donors (Lipinski definition) is 0. The van der Waals surface area contributed by atoms with Crippen LogP contribution in [0.4, 0.5) is 0 Å². The van der Waals surface area contributed by atoms with Crippen LogP contribution in [0.2, 0.25) is 0 Å². The third-order valence-corrected chi connectivity index (χ3v) is 1.80. The van der Waals surface area contributed by atoms with Crippen molar-refractivity contribution in [2.75, 3.05) is 6.54 Å². The Morgan fingerprint density at radius 1 is 1.70 bits per heavy atom. The smallest absolute Gasteiger partial charge is 0.0715 e. The van der Waals surface area contributed by atoms with E-state index in [2.05, 4.69) is 18.8 Å². The van der Waals surface area contributed by atoms with Crippen molar-refractivity contribution < 1.29 is 0 Å². The molecule has 0 saturated carbocycles. The minimum atomic E-state index is 0.113. The van der Waals surface area contributed by atoms with Crippen LogP contribution in [0.5, 0.6) is 0 Å². The quantitative estimate of drug-likeness (QED) is 0.518. The monoisotopic (exact) mass is 157 g/mol. The molecule has 0 bridgehead atoms. The zero-order valence-electron chi connectivity index (χ0n) is 6.34. The average Bonchev–Trinajstić information content (AvgIpc) is 1.88. The molecule has 1 rings (SSSR count). The molecule has 0 aromatic heterocycles. The van der Waals surface area contributed by atoms with Gasteiger partial charge in [-0.05, 0) is 12.0 Å². The van der Waals surface area contributed by atoms with E-state index >= 15 is 0 Å². The van der Waals surface area contributed by atoms with E-state index in [1.165, 1.54) is 0 Å². The molecule has 10 heavy (non-hydrogen) atoms. The van der Waals surface area contributed by atoms with Crippen LogP contribution >= 0.6 is 11.6 Å². The summed E-state index contributed by atoms with van der Waals surface area (Å²) in [7, 11) is 0. The van der Waals surface area contributed by atoms with Crippen molar-refractivity contribution in [2.24, 2.45) is 10.9 Å². The molecular formula is C8H12ClN. The first-order valence-electron chi connectivity index (χ1n) is 3.57. The van der Waals surface area contributed by atoms with E-state index < -0.39 is 0 Å². The number of alkyl halides is 1. The molecule has 0 radical (unpaired) electrons. The van der Waals surface area contributed by atoms with E-state index in [0.717, 1.165) is 12.3 Å². The zero-order chi connectivity index (χ0) is 7.56. The summed E-state index contributed by atoms with van der Waals surface area (Å²) in [6, 6.07) is 0. The minimum absolute atomic E-state index is 0.113. The van der Waals surface area contributed by atoms with Crippen LogP contribution in [-0.2, 0) is 0 Å². The normalized spacial score (nSPS) is 25.2. The molecule has 1 aliphatic rings. The predicted molar refractivity (Wildman–Crippen MR) is 45.9 cm³/mol. The SMILES string of the molecule is CC(C)C1=NCC(Cl)C=C1. The highest BCUT2D eigenvalue weighted by Crippen LogP contribution is 2.09. The van der Waals surface area contributed by atoms with Crippen LogP contribution in [0, 0.1) is 5.92 Å². The van der Waals surface area contributed by atoms with Crippen molar-refractivity contribution in [3.8, 4) is 0 Å². The summed E-state index contributed by atoms with van der Waals surface area (Å²) < 4.78 is 0. The maximum absolute atomic E-state index is 5.79. The largest absolute Gasteiger partial charge is 0.288 e. The van der Waals surface area contributed by atoms with Gasteiger partial charge in [0, 0.05) is 5.71 Å². The fraction of sp³-hybridized carbons (Fsp3) is 0.625. The van der Waals surface area contributed by atoms with Gasteiger partial charge in [-0.1, -0.05) is 19.9 Å². The fourth-order valence-electron chi connectivity index (χ4n) is 0.884. The Kier molecular flexibility index (Phi) is 2.50. The summed E-state index contributed by atoms with van der Waals surface area (Å²) >= 11 is 5.79. The van der Waals surface area contributed by atoms with E-state index in [0.29, 0.717) is 5.92 Å². The molecule has 1 unspecified atom stereocenters. The molecule has 0 N–H and O–H groups in total. The maximum atomic E-state index is 5.79. The summed E-state index contributed by atoms with van der Waals surface area (Å²) in [5.41, 5.74) is 1.16. The Morgan fingerprint density at radius 3 is 2.80 bits per heavy atom. The van der Waals surface area contributed by atoms with Crippen LogP contribution in [0.25, 0.3) is 0 Å². The first kappa shape index (κ1) is 7.80. The van der Waals surface area contributed by atoms with Crippen LogP contribution < -0.4 is 0 Å². The van der Waals surface area contributed by atoms with Gasteiger partial charge in [-0.3, -0.25) is 4.99 Å². The lowest BCUT2D eigenvalue weighted by Gasteiger charge is -2.11. The number of hydrogen-bond acceptors (Lipinski definition) is 1. The van der Waals surface area contributed by atoms with Crippen LogP contribution in [0.1, 0.15) is 13.8 Å². The predicted octanol–water partition coefficient (Wildman–Crippen LogP) is 2.26. The van der Waals surface area contributed by atoms with Gasteiger partial charge in [0.1, 0.15) is 0 Å². The molecule has 0 aromatic rings. The number of aliphatic imine (C=N–C) groups is 1. The summed E-state index contributed by atoms with van der Waals surface area (Å²) in [4.78, 5) is 4.31. The van der Waals surface area contributed by atoms with Gasteiger partial charge < -0.3 is 0 Å². The topological polar surface area (TPSA) is 12.4 Å². The van der Waals surface area contributed by atoms with Gasteiger partial charge in [0.15, 0.2) is 0 Å². The first-order chi connectivity index (χ1) is 4.70. The summed E-state index contributed by atoms with van der Waals surface area (Å²) in [6.45, 7) is 5.01. The second-order valence-corrected chi connectivity index (χ2v) is 3.36. The molecule has 2 heteroatoms.